The molecule has 3 aromatic rings. The van der Waals surface area contributed by atoms with Crippen LogP contribution in [0.2, 0.25) is 0 Å². The first-order chi connectivity index (χ1) is 15.3. The highest BCUT2D eigenvalue weighted by molar-refractivity contribution is 7.84. The second-order valence-corrected chi connectivity index (χ2v) is 10.1. The molecular formula is C22H27N5O4S. The Bertz CT molecular complexity index is 1240. The Hall–Kier alpha value is -2.53. The van der Waals surface area contributed by atoms with Crippen molar-refractivity contribution in [1.29, 1.82) is 0 Å². The van der Waals surface area contributed by atoms with Crippen LogP contribution < -0.4 is 10.5 Å². The van der Waals surface area contributed by atoms with Gasteiger partial charge >= 0.3 is 10.3 Å². The molecule has 4 N–H and O–H groups in total. The summed E-state index contributed by atoms with van der Waals surface area (Å²) in [6.07, 6.45) is 4.93. The molecule has 1 saturated carbocycles. The first-order valence-electron chi connectivity index (χ1n) is 10.8. The quantitative estimate of drug-likeness (QED) is 0.517. The van der Waals surface area contributed by atoms with Crippen molar-refractivity contribution in [3.63, 3.8) is 0 Å². The minimum Gasteiger partial charge on any atom is -0.393 e. The van der Waals surface area contributed by atoms with Crippen molar-refractivity contribution in [1.82, 2.24) is 14.5 Å². The fraction of sp³-hybridized carbons (Fsp3) is 0.455. The summed E-state index contributed by atoms with van der Waals surface area (Å²) in [5.41, 5.74) is 3.46. The maximum absolute atomic E-state index is 11.1. The van der Waals surface area contributed by atoms with E-state index in [2.05, 4.69) is 46.5 Å². The molecule has 2 aromatic heterocycles. The average molecular weight is 458 g/mol. The van der Waals surface area contributed by atoms with Crippen molar-refractivity contribution in [3.05, 3.63) is 54.0 Å². The average Bonchev–Trinajstić information content (AvgIpc) is 3.42. The predicted octanol–water partition coefficient (Wildman–Crippen LogP) is 2.31. The summed E-state index contributed by atoms with van der Waals surface area (Å²) in [7, 11) is -4.03. The van der Waals surface area contributed by atoms with Gasteiger partial charge in [-0.2, -0.15) is 8.42 Å². The number of hydrogen-bond donors (Lipinski definition) is 3. The summed E-state index contributed by atoms with van der Waals surface area (Å²) in [6, 6.07) is 10.6. The number of anilines is 1. The van der Waals surface area contributed by atoms with Crippen LogP contribution in [0.5, 0.6) is 0 Å². The first kappa shape index (κ1) is 21.3. The van der Waals surface area contributed by atoms with E-state index in [1.54, 1.807) is 6.33 Å². The molecule has 2 aliphatic carbocycles. The number of aliphatic hydroxyl groups is 1. The minimum absolute atomic E-state index is 0.0227. The molecule has 5 atom stereocenters. The van der Waals surface area contributed by atoms with Gasteiger partial charge in [-0.3, -0.25) is 4.18 Å². The van der Waals surface area contributed by atoms with Crippen LogP contribution in [0.1, 0.15) is 43.0 Å². The molecule has 0 aliphatic heterocycles. The van der Waals surface area contributed by atoms with Crippen LogP contribution in [-0.2, 0) is 20.9 Å². The second-order valence-electron chi connectivity index (χ2n) is 8.91. The second kappa shape index (κ2) is 8.11. The maximum Gasteiger partial charge on any atom is 0.333 e. The fourth-order valence-corrected chi connectivity index (χ4v) is 5.57. The van der Waals surface area contributed by atoms with Crippen molar-refractivity contribution in [3.8, 4) is 0 Å². The molecule has 0 bridgehead atoms. The highest BCUT2D eigenvalue weighted by atomic mass is 32.2. The number of nitrogens with one attached hydrogen (secondary N) is 1. The fourth-order valence-electron chi connectivity index (χ4n) is 5.21. The Kier molecular flexibility index (Phi) is 5.40. The van der Waals surface area contributed by atoms with E-state index in [9.17, 15) is 13.5 Å². The molecule has 0 spiro atoms. The van der Waals surface area contributed by atoms with E-state index in [-0.39, 0.29) is 24.6 Å². The largest absolute Gasteiger partial charge is 0.393 e. The van der Waals surface area contributed by atoms with Gasteiger partial charge in [-0.25, -0.2) is 15.1 Å². The summed E-state index contributed by atoms with van der Waals surface area (Å²) in [4.78, 5) is 9.02. The lowest BCUT2D eigenvalue weighted by Gasteiger charge is -2.20. The number of aliphatic hydroxyl groups excluding tert-OH is 1. The summed E-state index contributed by atoms with van der Waals surface area (Å²) in [5.74, 6) is 0.921. The number of fused-ring (bicyclic) bond motifs is 2. The number of benzene rings is 1. The van der Waals surface area contributed by atoms with E-state index in [0.29, 0.717) is 18.8 Å². The van der Waals surface area contributed by atoms with Crippen LogP contribution in [-0.4, -0.2) is 40.8 Å². The van der Waals surface area contributed by atoms with Gasteiger partial charge < -0.3 is 15.0 Å². The van der Waals surface area contributed by atoms with Gasteiger partial charge in [0.05, 0.1) is 24.1 Å². The molecule has 170 valence electrons. The van der Waals surface area contributed by atoms with E-state index in [1.165, 1.54) is 11.1 Å². The van der Waals surface area contributed by atoms with Gasteiger partial charge in [0, 0.05) is 18.2 Å². The third-order valence-electron chi connectivity index (χ3n) is 6.77. The Morgan fingerprint density at radius 1 is 1.25 bits per heavy atom. The molecule has 0 saturated heterocycles. The summed E-state index contributed by atoms with van der Waals surface area (Å²) in [6.45, 7) is 2.11. The smallest absolute Gasteiger partial charge is 0.333 e. The van der Waals surface area contributed by atoms with Crippen molar-refractivity contribution < 1.29 is 17.7 Å². The standard InChI is InChI=1S/C22H27N5O4S/c1-13-8-14-4-2-3-5-17(14)20(13)26-21-18-6-7-27(22(18)25-12-24-21)16-9-15(19(28)10-16)11-31-32(23,29)30/h2-7,12-13,15-16,19-20,28H,8-11H2,1H3,(H2,23,29,30)(H,24,25,26)/t13-,15-,16+,19-,20-/m1/s1. The third-order valence-corrected chi connectivity index (χ3v) is 7.24. The zero-order chi connectivity index (χ0) is 22.5. The van der Waals surface area contributed by atoms with E-state index in [0.717, 1.165) is 23.3 Å². The Morgan fingerprint density at radius 2 is 2.06 bits per heavy atom. The molecule has 9 nitrogen and oxygen atoms in total. The summed E-state index contributed by atoms with van der Waals surface area (Å²) < 4.78 is 29.0. The summed E-state index contributed by atoms with van der Waals surface area (Å²) in [5, 5.41) is 19.9. The minimum atomic E-state index is -4.03. The highest BCUT2D eigenvalue weighted by Gasteiger charge is 2.36. The molecule has 10 heteroatoms. The van der Waals surface area contributed by atoms with Crippen LogP contribution in [0, 0.1) is 11.8 Å². The van der Waals surface area contributed by atoms with Crippen molar-refractivity contribution in [2.24, 2.45) is 17.0 Å². The van der Waals surface area contributed by atoms with E-state index >= 15 is 0 Å². The number of hydrogen-bond acceptors (Lipinski definition) is 7. The van der Waals surface area contributed by atoms with Gasteiger partial charge in [0.25, 0.3) is 0 Å². The van der Waals surface area contributed by atoms with Crippen molar-refractivity contribution in [2.45, 2.75) is 44.4 Å². The molecule has 1 fully saturated rings. The van der Waals surface area contributed by atoms with Crippen molar-refractivity contribution in [2.75, 3.05) is 11.9 Å². The molecule has 5 rings (SSSR count). The van der Waals surface area contributed by atoms with Crippen LogP contribution in [0.4, 0.5) is 5.82 Å². The van der Waals surface area contributed by atoms with Gasteiger partial charge in [0.1, 0.15) is 17.8 Å². The first-order valence-corrected chi connectivity index (χ1v) is 12.3. The highest BCUT2D eigenvalue weighted by Crippen LogP contribution is 2.40. The molecule has 0 unspecified atom stereocenters. The normalized spacial score (nSPS) is 27.7. The van der Waals surface area contributed by atoms with E-state index < -0.39 is 16.4 Å². The monoisotopic (exact) mass is 457 g/mol. The van der Waals surface area contributed by atoms with Crippen LogP contribution in [0.25, 0.3) is 11.0 Å². The lowest BCUT2D eigenvalue weighted by atomic mass is 10.0. The number of nitrogens with zero attached hydrogens (tertiary/aromatic N) is 3. The molecule has 1 aromatic carbocycles. The summed E-state index contributed by atoms with van der Waals surface area (Å²) >= 11 is 0. The maximum atomic E-state index is 11.1. The van der Waals surface area contributed by atoms with Crippen LogP contribution in [0.15, 0.2) is 42.9 Å². The third kappa shape index (κ3) is 3.99. The van der Waals surface area contributed by atoms with E-state index in [4.69, 9.17) is 9.32 Å². The van der Waals surface area contributed by atoms with Gasteiger partial charge in [-0.15, -0.1) is 0 Å². The molecule has 0 amide bonds. The lowest BCUT2D eigenvalue weighted by Crippen LogP contribution is -2.24. The van der Waals surface area contributed by atoms with Gasteiger partial charge in [0.15, 0.2) is 0 Å². The Balaban J connectivity index is 1.38. The van der Waals surface area contributed by atoms with Crippen LogP contribution >= 0.6 is 0 Å². The van der Waals surface area contributed by atoms with Crippen molar-refractivity contribution >= 4 is 27.2 Å². The van der Waals surface area contributed by atoms with Gasteiger partial charge in [-0.05, 0) is 42.4 Å². The molecule has 32 heavy (non-hydrogen) atoms. The van der Waals surface area contributed by atoms with Gasteiger partial charge in [0.2, 0.25) is 0 Å². The molecule has 2 heterocycles. The number of aromatic nitrogens is 3. The Morgan fingerprint density at radius 3 is 2.88 bits per heavy atom. The zero-order valence-corrected chi connectivity index (χ0v) is 18.6. The van der Waals surface area contributed by atoms with Gasteiger partial charge in [-0.1, -0.05) is 31.2 Å². The molecule has 0 radical (unpaired) electrons. The topological polar surface area (TPSA) is 132 Å². The molecule has 2 aliphatic rings. The Labute approximate surface area is 186 Å². The zero-order valence-electron chi connectivity index (χ0n) is 17.8. The number of rotatable bonds is 6. The SMILES string of the molecule is C[C@@H]1Cc2ccccc2[C@@H]1Nc1ncnc2c1ccn2[C@H]1C[C@H](COS(N)(=O)=O)[C@H](O)C1. The van der Waals surface area contributed by atoms with Crippen LogP contribution in [0.3, 0.4) is 0 Å². The van der Waals surface area contributed by atoms with E-state index in [1.807, 2.05) is 16.8 Å². The molecular weight excluding hydrogens is 430 g/mol. The lowest BCUT2D eigenvalue weighted by molar-refractivity contribution is 0.100. The predicted molar refractivity (Wildman–Crippen MR) is 120 cm³/mol. The number of nitrogens with two attached hydrogens (primary N) is 1.